The van der Waals surface area contributed by atoms with Crippen LogP contribution in [0.3, 0.4) is 0 Å². The Morgan fingerprint density at radius 3 is 2.86 bits per heavy atom. The van der Waals surface area contributed by atoms with Gasteiger partial charge in [-0.25, -0.2) is 10.5 Å². The Morgan fingerprint density at radius 1 is 1.27 bits per heavy atom. The van der Waals surface area contributed by atoms with Crippen molar-refractivity contribution in [3.8, 4) is 0 Å². The highest BCUT2D eigenvalue weighted by Crippen LogP contribution is 2.27. The van der Waals surface area contributed by atoms with Gasteiger partial charge in [-0.3, -0.25) is 14.8 Å². The van der Waals surface area contributed by atoms with Crippen molar-refractivity contribution in [3.63, 3.8) is 0 Å². The first-order valence-electron chi connectivity index (χ1n) is 13.7. The van der Waals surface area contributed by atoms with Gasteiger partial charge in [0.25, 0.3) is 0 Å². The maximum absolute atomic E-state index is 13.6. The monoisotopic (exact) mass is 513 g/mol. The molecule has 2 amide bonds. The summed E-state index contributed by atoms with van der Waals surface area (Å²) in [6.45, 7) is 4.05. The molecule has 1 aliphatic heterocycles. The number of likely N-dealkylation sites (tertiary alicyclic amines) is 1. The molecule has 9 nitrogen and oxygen atoms in total. The van der Waals surface area contributed by atoms with Crippen LogP contribution in [0.15, 0.2) is 42.3 Å². The molecular weight excluding hydrogens is 470 g/mol. The average molecular weight is 514 g/mol. The van der Waals surface area contributed by atoms with Gasteiger partial charge in [-0.15, -0.1) is 0 Å². The van der Waals surface area contributed by atoms with Crippen molar-refractivity contribution in [2.45, 2.75) is 70.8 Å². The smallest absolute Gasteiger partial charge is 0.243 e. The van der Waals surface area contributed by atoms with Crippen LogP contribution in [0.5, 0.6) is 0 Å². The van der Waals surface area contributed by atoms with E-state index in [1.165, 1.54) is 0 Å². The van der Waals surface area contributed by atoms with Gasteiger partial charge >= 0.3 is 0 Å². The lowest BCUT2D eigenvalue weighted by Crippen LogP contribution is -2.38. The Morgan fingerprint density at radius 2 is 2.14 bits per heavy atom. The predicted molar refractivity (Wildman–Crippen MR) is 145 cm³/mol. The highest BCUT2D eigenvalue weighted by molar-refractivity contribution is 5.80. The second-order valence-electron chi connectivity index (χ2n) is 9.84. The third-order valence-corrected chi connectivity index (χ3v) is 7.24. The van der Waals surface area contributed by atoms with E-state index in [-0.39, 0.29) is 24.3 Å². The van der Waals surface area contributed by atoms with E-state index in [1.54, 1.807) is 11.7 Å². The van der Waals surface area contributed by atoms with E-state index >= 15 is 0 Å². The molecule has 1 aromatic heterocycles. The molecule has 3 atom stereocenters. The molecular formula is C28H43N5O4. The van der Waals surface area contributed by atoms with Gasteiger partial charge in [-0.1, -0.05) is 12.5 Å². The van der Waals surface area contributed by atoms with Crippen molar-refractivity contribution in [2.75, 3.05) is 37.4 Å². The van der Waals surface area contributed by atoms with E-state index in [1.807, 2.05) is 37.1 Å². The number of carbonyl (C=O) groups excluding carboxylic acids is 2. The number of aromatic nitrogens is 1. The van der Waals surface area contributed by atoms with Gasteiger partial charge in [0.05, 0.1) is 12.3 Å². The van der Waals surface area contributed by atoms with Crippen LogP contribution in [0.25, 0.3) is 0 Å². The maximum atomic E-state index is 13.6. The van der Waals surface area contributed by atoms with Crippen LogP contribution < -0.4 is 16.1 Å². The molecule has 0 radical (unpaired) electrons. The number of carbonyl (C=O) groups is 2. The summed E-state index contributed by atoms with van der Waals surface area (Å²) in [5.41, 5.74) is 2.66. The van der Waals surface area contributed by atoms with Crippen LogP contribution in [-0.2, 0) is 14.3 Å². The molecule has 37 heavy (non-hydrogen) atoms. The van der Waals surface area contributed by atoms with Crippen LogP contribution in [0.4, 0.5) is 11.5 Å². The van der Waals surface area contributed by atoms with Crippen molar-refractivity contribution < 1.29 is 19.5 Å². The first kappa shape index (κ1) is 28.5. The molecule has 1 aliphatic carbocycles. The molecule has 3 rings (SSSR count). The minimum Gasteiger partial charge on any atom is -0.494 e. The number of hydroxylamine groups is 1. The van der Waals surface area contributed by atoms with Gasteiger partial charge in [0, 0.05) is 44.7 Å². The Kier molecular flexibility index (Phi) is 11.7. The zero-order valence-electron chi connectivity index (χ0n) is 22.2. The first-order valence-corrected chi connectivity index (χ1v) is 13.7. The summed E-state index contributed by atoms with van der Waals surface area (Å²) in [6.07, 6.45) is 15.0. The zero-order valence-corrected chi connectivity index (χ0v) is 22.2. The summed E-state index contributed by atoms with van der Waals surface area (Å²) in [4.78, 5) is 31.7. The van der Waals surface area contributed by atoms with Crippen LogP contribution in [-0.4, -0.2) is 59.7 Å². The molecule has 1 aromatic rings. The van der Waals surface area contributed by atoms with E-state index in [9.17, 15) is 9.59 Å². The molecule has 2 heterocycles. The predicted octanol–water partition coefficient (Wildman–Crippen LogP) is 4.48. The molecule has 9 heteroatoms. The Labute approximate surface area is 220 Å². The summed E-state index contributed by atoms with van der Waals surface area (Å²) >= 11 is 0. The van der Waals surface area contributed by atoms with Gasteiger partial charge in [0.1, 0.15) is 11.6 Å². The van der Waals surface area contributed by atoms with Crippen molar-refractivity contribution >= 4 is 23.3 Å². The Hall–Kier alpha value is -3.07. The number of nitrogens with zero attached hydrogens (tertiary/aromatic N) is 2. The van der Waals surface area contributed by atoms with Gasteiger partial charge in [-0.2, -0.15) is 0 Å². The van der Waals surface area contributed by atoms with Crippen molar-refractivity contribution in [1.29, 1.82) is 0 Å². The minimum atomic E-state index is -0.447. The normalized spacial score (nSPS) is 20.4. The third-order valence-electron chi connectivity index (χ3n) is 7.24. The van der Waals surface area contributed by atoms with E-state index in [2.05, 4.69) is 27.8 Å². The molecule has 4 N–H and O–H groups in total. The van der Waals surface area contributed by atoms with Crippen molar-refractivity contribution in [3.05, 3.63) is 42.3 Å². The third kappa shape index (κ3) is 9.07. The van der Waals surface area contributed by atoms with Gasteiger partial charge < -0.3 is 20.3 Å². The van der Waals surface area contributed by atoms with Crippen LogP contribution in [0.1, 0.15) is 64.7 Å². The second-order valence-corrected chi connectivity index (χ2v) is 9.84. The van der Waals surface area contributed by atoms with E-state index in [4.69, 9.17) is 9.94 Å². The quantitative estimate of drug-likeness (QED) is 0.227. The molecule has 3 unspecified atom stereocenters. The van der Waals surface area contributed by atoms with E-state index in [0.717, 1.165) is 68.8 Å². The number of allylic oxidation sites excluding steroid dienone is 3. The van der Waals surface area contributed by atoms with Gasteiger partial charge in [-0.05, 0) is 82.1 Å². The van der Waals surface area contributed by atoms with Gasteiger partial charge in [0.15, 0.2) is 0 Å². The van der Waals surface area contributed by atoms with Crippen LogP contribution in [0.2, 0.25) is 0 Å². The maximum Gasteiger partial charge on any atom is 0.243 e. The van der Waals surface area contributed by atoms with Crippen molar-refractivity contribution in [2.24, 2.45) is 11.8 Å². The molecule has 0 saturated carbocycles. The van der Waals surface area contributed by atoms with Gasteiger partial charge in [0.2, 0.25) is 11.8 Å². The summed E-state index contributed by atoms with van der Waals surface area (Å²) in [5.74, 6) is 1.66. The summed E-state index contributed by atoms with van der Waals surface area (Å²) < 4.78 is 5.55. The lowest BCUT2D eigenvalue weighted by Gasteiger charge is -2.27. The fourth-order valence-electron chi connectivity index (χ4n) is 5.15. The number of nitrogens with one attached hydrogen (secondary N) is 3. The summed E-state index contributed by atoms with van der Waals surface area (Å²) in [5, 5.41) is 15.6. The number of ether oxygens (including phenoxy) is 1. The minimum absolute atomic E-state index is 0.123. The lowest BCUT2D eigenvalue weighted by atomic mass is 9.89. The summed E-state index contributed by atoms with van der Waals surface area (Å²) in [6, 6.07) is 4.14. The fraction of sp³-hybridized carbons (Fsp3) is 0.607. The average Bonchev–Trinajstić information content (AvgIpc) is 3.17. The number of rotatable bonds is 13. The molecule has 0 aromatic carbocycles. The summed E-state index contributed by atoms with van der Waals surface area (Å²) in [7, 11) is 1.88. The number of anilines is 2. The topological polar surface area (TPSA) is 116 Å². The molecule has 0 bridgehead atoms. The molecule has 2 aliphatic rings. The molecule has 204 valence electrons. The number of pyridine rings is 1. The van der Waals surface area contributed by atoms with E-state index in [0.29, 0.717) is 25.5 Å². The van der Waals surface area contributed by atoms with Crippen molar-refractivity contribution in [1.82, 2.24) is 15.4 Å². The van der Waals surface area contributed by atoms with E-state index < -0.39 is 5.91 Å². The zero-order chi connectivity index (χ0) is 26.5. The van der Waals surface area contributed by atoms with Crippen LogP contribution in [0, 0.1) is 11.8 Å². The highest BCUT2D eigenvalue weighted by Gasteiger charge is 2.27. The number of hydrogen-bond acceptors (Lipinski definition) is 7. The SMILES string of the molecule is CCOC1=CCC(CCCC(CCC(=O)NO)C(=O)N2CCCC(Nc3ncccc3NC)CC2)C=C1. The second kappa shape index (κ2) is 15.2. The Bertz CT molecular complexity index is 935. The van der Waals surface area contributed by atoms with Crippen LogP contribution >= 0.6 is 0 Å². The number of amides is 2. The highest BCUT2D eigenvalue weighted by atomic mass is 16.5. The molecule has 0 spiro atoms. The molecule has 1 saturated heterocycles. The lowest BCUT2D eigenvalue weighted by molar-refractivity contribution is -0.136. The standard InChI is InChI=1S/C28H43N5O4/c1-3-37-24-14-11-21(12-15-24)7-4-8-22(13-16-26(34)32-36)28(35)33-19-6-9-23(17-20-33)31-27-25(29-2)10-5-18-30-27/h5,10-11,14-15,18,21-23,29,36H,3-4,6-9,12-13,16-17,19-20H2,1-2H3,(H,30,31)(H,32,34). The number of hydrogen-bond donors (Lipinski definition) is 4. The first-order chi connectivity index (χ1) is 18.0. The Balaban J connectivity index is 1.53. The largest absolute Gasteiger partial charge is 0.494 e. The fourth-order valence-corrected chi connectivity index (χ4v) is 5.15. The molecule has 1 fully saturated rings.